The van der Waals surface area contributed by atoms with Crippen molar-refractivity contribution in [2.45, 2.75) is 225 Å². The van der Waals surface area contributed by atoms with Crippen LogP contribution in [0.15, 0.2) is 24.5 Å². The van der Waals surface area contributed by atoms with Crippen molar-refractivity contribution in [1.29, 1.82) is 0 Å². The van der Waals surface area contributed by atoms with Gasteiger partial charge in [0.2, 0.25) is 0 Å². The molecule has 11 heteroatoms. The van der Waals surface area contributed by atoms with E-state index in [0.717, 1.165) is 38.5 Å². The van der Waals surface area contributed by atoms with Gasteiger partial charge >= 0.3 is 19.8 Å². The number of hydrogen-bond donors (Lipinski definition) is 3. The average molecular weight is 802 g/mol. The fourth-order valence-corrected chi connectivity index (χ4v) is 7.05. The van der Waals surface area contributed by atoms with Gasteiger partial charge in [0.15, 0.2) is 6.10 Å². The Labute approximate surface area is 336 Å². The quantitative estimate of drug-likeness (QED) is 0.0178. The molecule has 0 bridgehead atoms. The van der Waals surface area contributed by atoms with Gasteiger partial charge in [0, 0.05) is 6.42 Å². The number of rotatable bonds is 43. The molecule has 0 saturated carbocycles. The van der Waals surface area contributed by atoms with Crippen LogP contribution >= 0.6 is 7.82 Å². The molecule has 0 rings (SSSR count). The Hall–Kier alpha value is -1.71. The molecule has 10 nitrogen and oxygen atoms in total. The number of carbonyl (C=O) groups is 2. The molecule has 0 aliphatic heterocycles. The van der Waals surface area contributed by atoms with Crippen LogP contribution in [-0.4, -0.2) is 53.9 Å². The molecule has 1 unspecified atom stereocenters. The van der Waals surface area contributed by atoms with E-state index in [1.807, 2.05) is 6.08 Å². The molecular formula is C44H84NO9P. The van der Waals surface area contributed by atoms with E-state index in [1.54, 1.807) is 6.26 Å². The topological polar surface area (TPSA) is 155 Å². The molecule has 0 fully saturated rings. The lowest BCUT2D eigenvalue weighted by Crippen LogP contribution is -2.34. The average Bonchev–Trinajstić information content (AvgIpc) is 3.16. The first-order valence-electron chi connectivity index (χ1n) is 22.4. The standard InChI is InChI=1S/C44H84NO9P/c1-3-5-7-9-11-13-15-17-19-20-21-22-23-24-26-28-30-32-34-36-43(46)54-41(39-52-55(49,50)53-40-42(45)44(47)48)38-51-37-35-33-31-29-27-25-18-16-14-12-10-8-6-4-2/h20-21,35,37,41-42H,3-19,22-34,36,38-40,45H2,1-2H3,(H,47,48)(H,49,50)/b21-20-,37-35-/t41-,42+/m1/s1. The minimum atomic E-state index is -4.63. The number of allylic oxidation sites excluding steroid dienone is 3. The van der Waals surface area contributed by atoms with Gasteiger partial charge in [0.05, 0.1) is 19.5 Å². The minimum Gasteiger partial charge on any atom is -0.498 e. The molecule has 0 amide bonds. The van der Waals surface area contributed by atoms with Crippen molar-refractivity contribution in [3.63, 3.8) is 0 Å². The van der Waals surface area contributed by atoms with Crippen LogP contribution in [0, 0.1) is 0 Å². The number of esters is 1. The highest BCUT2D eigenvalue weighted by Gasteiger charge is 2.27. The highest BCUT2D eigenvalue weighted by Crippen LogP contribution is 2.43. The van der Waals surface area contributed by atoms with E-state index in [2.05, 4.69) is 26.0 Å². The van der Waals surface area contributed by atoms with E-state index in [0.29, 0.717) is 6.42 Å². The smallest absolute Gasteiger partial charge is 0.472 e. The van der Waals surface area contributed by atoms with Crippen molar-refractivity contribution in [2.24, 2.45) is 5.73 Å². The summed E-state index contributed by atoms with van der Waals surface area (Å²) >= 11 is 0. The summed E-state index contributed by atoms with van der Waals surface area (Å²) in [4.78, 5) is 33.5. The van der Waals surface area contributed by atoms with Crippen LogP contribution in [0.2, 0.25) is 0 Å². The van der Waals surface area contributed by atoms with Gasteiger partial charge in [-0.25, -0.2) is 4.57 Å². The lowest BCUT2D eigenvalue weighted by molar-refractivity contribution is -0.153. The van der Waals surface area contributed by atoms with Crippen LogP contribution in [-0.2, 0) is 32.7 Å². The minimum absolute atomic E-state index is 0.0658. The maximum Gasteiger partial charge on any atom is 0.472 e. The van der Waals surface area contributed by atoms with Gasteiger partial charge in [0.1, 0.15) is 12.6 Å². The number of carbonyl (C=O) groups excluding carboxylic acids is 1. The highest BCUT2D eigenvalue weighted by molar-refractivity contribution is 7.47. The van der Waals surface area contributed by atoms with Crippen molar-refractivity contribution in [2.75, 3.05) is 19.8 Å². The largest absolute Gasteiger partial charge is 0.498 e. The highest BCUT2D eigenvalue weighted by atomic mass is 31.2. The maximum absolute atomic E-state index is 12.6. The molecule has 0 radical (unpaired) electrons. The van der Waals surface area contributed by atoms with E-state index >= 15 is 0 Å². The SMILES string of the molecule is CCCCCCCCCC/C=C\CCCCCCCCCC(=O)O[C@H](CO/C=C\CCCCCCCCCCCCCC)COP(=O)(O)OC[C@H](N)C(=O)O. The second-order valence-electron chi connectivity index (χ2n) is 15.2. The van der Waals surface area contributed by atoms with Gasteiger partial charge in [-0.3, -0.25) is 18.6 Å². The number of phosphoric ester groups is 1. The molecule has 0 aromatic rings. The van der Waals surface area contributed by atoms with E-state index in [4.69, 9.17) is 29.4 Å². The molecule has 55 heavy (non-hydrogen) atoms. The molecule has 0 aliphatic carbocycles. The third-order valence-electron chi connectivity index (χ3n) is 9.80. The lowest BCUT2D eigenvalue weighted by Gasteiger charge is -2.20. The van der Waals surface area contributed by atoms with Crippen molar-refractivity contribution in [3.05, 3.63) is 24.5 Å². The van der Waals surface area contributed by atoms with E-state index in [9.17, 15) is 19.0 Å². The van der Waals surface area contributed by atoms with Gasteiger partial charge in [0.25, 0.3) is 0 Å². The molecule has 0 spiro atoms. The summed E-state index contributed by atoms with van der Waals surface area (Å²) in [5.41, 5.74) is 5.35. The van der Waals surface area contributed by atoms with Gasteiger partial charge in [-0.1, -0.05) is 174 Å². The van der Waals surface area contributed by atoms with Gasteiger partial charge in [-0.2, -0.15) is 0 Å². The summed E-state index contributed by atoms with van der Waals surface area (Å²) in [6.45, 7) is 3.29. The molecule has 324 valence electrons. The Morgan fingerprint density at radius 1 is 0.564 bits per heavy atom. The zero-order chi connectivity index (χ0) is 40.5. The van der Waals surface area contributed by atoms with Crippen LogP contribution in [0.1, 0.15) is 213 Å². The first-order valence-corrected chi connectivity index (χ1v) is 23.9. The first-order chi connectivity index (χ1) is 26.7. The second kappa shape index (κ2) is 40.5. The van der Waals surface area contributed by atoms with Crippen LogP contribution in [0.3, 0.4) is 0 Å². The van der Waals surface area contributed by atoms with Crippen molar-refractivity contribution >= 4 is 19.8 Å². The number of nitrogens with two attached hydrogens (primary N) is 1. The summed E-state index contributed by atoms with van der Waals surface area (Å²) in [6, 6.07) is -1.48. The second-order valence-corrected chi connectivity index (χ2v) is 16.7. The van der Waals surface area contributed by atoms with Crippen LogP contribution < -0.4 is 5.73 Å². The fraction of sp³-hybridized carbons (Fsp3) is 0.864. The summed E-state index contributed by atoms with van der Waals surface area (Å²) in [6.07, 6.45) is 44.6. The molecular weight excluding hydrogens is 717 g/mol. The summed E-state index contributed by atoms with van der Waals surface area (Å²) in [7, 11) is -4.63. The third kappa shape index (κ3) is 40.3. The number of carboxylic acid groups (broad SMARTS) is 1. The van der Waals surface area contributed by atoms with E-state index in [-0.39, 0.29) is 13.0 Å². The van der Waals surface area contributed by atoms with Gasteiger partial charge < -0.3 is 25.2 Å². The van der Waals surface area contributed by atoms with Crippen molar-refractivity contribution in [3.8, 4) is 0 Å². The van der Waals surface area contributed by atoms with Gasteiger partial charge in [-0.05, 0) is 51.0 Å². The number of carboxylic acids is 1. The number of aliphatic carboxylic acids is 1. The number of ether oxygens (including phenoxy) is 2. The van der Waals surface area contributed by atoms with Crippen molar-refractivity contribution in [1.82, 2.24) is 0 Å². The fourth-order valence-electron chi connectivity index (χ4n) is 6.27. The Kier molecular flexibility index (Phi) is 39.2. The summed E-state index contributed by atoms with van der Waals surface area (Å²) in [5.74, 6) is -1.80. The first kappa shape index (κ1) is 53.3. The predicted octanol–water partition coefficient (Wildman–Crippen LogP) is 12.7. The Morgan fingerprint density at radius 2 is 0.945 bits per heavy atom. The Morgan fingerprint density at radius 3 is 1.38 bits per heavy atom. The van der Waals surface area contributed by atoms with Gasteiger partial charge in [-0.15, -0.1) is 0 Å². The summed E-state index contributed by atoms with van der Waals surface area (Å²) in [5, 5.41) is 8.89. The predicted molar refractivity (Wildman–Crippen MR) is 226 cm³/mol. The normalized spacial score (nSPS) is 14.0. The Balaban J connectivity index is 4.25. The number of hydrogen-bond acceptors (Lipinski definition) is 8. The molecule has 0 aromatic heterocycles. The van der Waals surface area contributed by atoms with Crippen LogP contribution in [0.5, 0.6) is 0 Å². The molecule has 0 saturated heterocycles. The van der Waals surface area contributed by atoms with E-state index < -0.39 is 45.1 Å². The monoisotopic (exact) mass is 802 g/mol. The lowest BCUT2D eigenvalue weighted by atomic mass is 10.0. The van der Waals surface area contributed by atoms with Crippen molar-refractivity contribution < 1.29 is 42.7 Å². The number of unbranched alkanes of at least 4 members (excludes halogenated alkanes) is 27. The molecule has 4 N–H and O–H groups in total. The van der Waals surface area contributed by atoms with Crippen LogP contribution in [0.4, 0.5) is 0 Å². The Bertz CT molecular complexity index is 977. The zero-order valence-electron chi connectivity index (χ0n) is 35.3. The summed E-state index contributed by atoms with van der Waals surface area (Å²) < 4.78 is 33.1. The van der Waals surface area contributed by atoms with E-state index in [1.165, 1.54) is 148 Å². The molecule has 3 atom stereocenters. The number of phosphoric acid groups is 1. The molecule has 0 aliphatic rings. The maximum atomic E-state index is 12.6. The molecule has 0 aromatic carbocycles. The van der Waals surface area contributed by atoms with Crippen LogP contribution in [0.25, 0.3) is 0 Å². The third-order valence-corrected chi connectivity index (χ3v) is 10.7. The molecule has 0 heterocycles. The zero-order valence-corrected chi connectivity index (χ0v) is 36.2.